The number of benzene rings is 3. The minimum atomic E-state index is -3.95. The zero-order valence-electron chi connectivity index (χ0n) is 16.5. The highest BCUT2D eigenvalue weighted by molar-refractivity contribution is 7.92. The number of sulfonamides is 1. The van der Waals surface area contributed by atoms with Crippen LogP contribution in [0.1, 0.15) is 0 Å². The molecule has 0 saturated heterocycles. The molecule has 1 aliphatic heterocycles. The van der Waals surface area contributed by atoms with Gasteiger partial charge in [0.15, 0.2) is 6.10 Å². The molecule has 1 amide bonds. The maximum Gasteiger partial charge on any atom is 0.267 e. The number of ether oxygens (including phenoxy) is 2. The molecule has 1 N–H and O–H groups in total. The molecule has 0 spiro atoms. The van der Waals surface area contributed by atoms with Gasteiger partial charge in [-0.15, -0.1) is 0 Å². The fraction of sp³-hybridized carbons (Fsp3) is 0.136. The number of nitrogens with one attached hydrogen (secondary N) is 1. The molecule has 0 bridgehead atoms. The maximum absolute atomic E-state index is 13.4. The number of rotatable bonds is 5. The van der Waals surface area contributed by atoms with Crippen molar-refractivity contribution in [3.8, 4) is 11.5 Å². The van der Waals surface area contributed by atoms with Gasteiger partial charge in [0.2, 0.25) is 0 Å². The molecular formula is C22H19ClN2O5S. The first-order valence-corrected chi connectivity index (χ1v) is 11.2. The molecule has 1 unspecified atom stereocenters. The first-order chi connectivity index (χ1) is 14.9. The van der Waals surface area contributed by atoms with E-state index < -0.39 is 22.0 Å². The molecule has 3 aromatic rings. The summed E-state index contributed by atoms with van der Waals surface area (Å²) in [5, 5.41) is 3.18. The molecule has 0 saturated carbocycles. The van der Waals surface area contributed by atoms with Gasteiger partial charge in [-0.25, -0.2) is 8.42 Å². The Kier molecular flexibility index (Phi) is 5.75. The topological polar surface area (TPSA) is 84.9 Å². The van der Waals surface area contributed by atoms with Crippen molar-refractivity contribution in [2.75, 3.05) is 23.3 Å². The van der Waals surface area contributed by atoms with Gasteiger partial charge in [0.1, 0.15) is 11.5 Å². The van der Waals surface area contributed by atoms with Crippen molar-refractivity contribution in [1.29, 1.82) is 0 Å². The van der Waals surface area contributed by atoms with Crippen LogP contribution in [0.25, 0.3) is 0 Å². The quantitative estimate of drug-likeness (QED) is 0.626. The standard InChI is InChI=1S/C22H19ClN2O5S/c1-29-17-6-4-5-16(13-17)24-22(26)21-14-25(19-7-2-3-8-20(19)30-21)31(27,28)18-11-9-15(23)10-12-18/h2-13,21H,14H2,1H3,(H,24,26). The van der Waals surface area contributed by atoms with Gasteiger partial charge in [0, 0.05) is 16.8 Å². The summed E-state index contributed by atoms with van der Waals surface area (Å²) in [6, 6.07) is 19.4. The van der Waals surface area contributed by atoms with Gasteiger partial charge >= 0.3 is 0 Å². The van der Waals surface area contributed by atoms with E-state index in [1.54, 1.807) is 48.5 Å². The molecule has 0 aromatic heterocycles. The Labute approximate surface area is 185 Å². The Hall–Kier alpha value is -3.23. The van der Waals surface area contributed by atoms with E-state index in [0.717, 1.165) is 0 Å². The van der Waals surface area contributed by atoms with Gasteiger partial charge in [-0.2, -0.15) is 0 Å². The van der Waals surface area contributed by atoms with E-state index in [4.69, 9.17) is 21.1 Å². The summed E-state index contributed by atoms with van der Waals surface area (Å²) in [4.78, 5) is 13.0. The highest BCUT2D eigenvalue weighted by Crippen LogP contribution is 2.37. The zero-order chi connectivity index (χ0) is 22.0. The van der Waals surface area contributed by atoms with Crippen LogP contribution in [0.4, 0.5) is 11.4 Å². The largest absolute Gasteiger partial charge is 0.497 e. The first-order valence-electron chi connectivity index (χ1n) is 9.37. The third-order valence-corrected chi connectivity index (χ3v) is 6.81. The Morgan fingerprint density at radius 2 is 1.84 bits per heavy atom. The minimum Gasteiger partial charge on any atom is -0.497 e. The molecule has 4 rings (SSSR count). The molecule has 1 atom stereocenters. The van der Waals surface area contributed by atoms with Gasteiger partial charge in [-0.3, -0.25) is 9.10 Å². The normalized spacial score (nSPS) is 15.5. The van der Waals surface area contributed by atoms with Crippen molar-refractivity contribution < 1.29 is 22.7 Å². The summed E-state index contributed by atoms with van der Waals surface area (Å²) >= 11 is 5.90. The summed E-state index contributed by atoms with van der Waals surface area (Å²) < 4.78 is 38.9. The Balaban J connectivity index is 1.65. The monoisotopic (exact) mass is 458 g/mol. The lowest BCUT2D eigenvalue weighted by Crippen LogP contribution is -2.48. The van der Waals surface area contributed by atoms with Crippen LogP contribution in [0.3, 0.4) is 0 Å². The molecular weight excluding hydrogens is 440 g/mol. The van der Waals surface area contributed by atoms with Gasteiger partial charge in [-0.1, -0.05) is 29.8 Å². The number of fused-ring (bicyclic) bond motifs is 1. The SMILES string of the molecule is COc1cccc(NC(=O)C2CN(S(=O)(=O)c3ccc(Cl)cc3)c3ccccc3O2)c1. The van der Waals surface area contributed by atoms with E-state index in [1.807, 2.05) is 0 Å². The van der Waals surface area contributed by atoms with E-state index in [1.165, 1.54) is 35.7 Å². The zero-order valence-corrected chi connectivity index (χ0v) is 18.1. The summed E-state index contributed by atoms with van der Waals surface area (Å²) in [6.07, 6.45) is -1.05. The summed E-state index contributed by atoms with van der Waals surface area (Å²) in [5.41, 5.74) is 0.877. The maximum atomic E-state index is 13.4. The number of hydrogen-bond acceptors (Lipinski definition) is 5. The molecule has 31 heavy (non-hydrogen) atoms. The highest BCUT2D eigenvalue weighted by Gasteiger charge is 2.37. The third-order valence-electron chi connectivity index (χ3n) is 4.77. The molecule has 0 radical (unpaired) electrons. The third kappa shape index (κ3) is 4.30. The number of carbonyl (C=O) groups is 1. The smallest absolute Gasteiger partial charge is 0.267 e. The highest BCUT2D eigenvalue weighted by atomic mass is 35.5. The second kappa shape index (κ2) is 8.49. The Bertz CT molecular complexity index is 1210. The lowest BCUT2D eigenvalue weighted by atomic mass is 10.2. The number of carbonyl (C=O) groups excluding carboxylic acids is 1. The van der Waals surface area contributed by atoms with E-state index in [2.05, 4.69) is 5.32 Å². The fourth-order valence-electron chi connectivity index (χ4n) is 3.22. The number of anilines is 2. The minimum absolute atomic E-state index is 0.0700. The average molecular weight is 459 g/mol. The number of methoxy groups -OCH3 is 1. The Morgan fingerprint density at radius 1 is 1.10 bits per heavy atom. The molecule has 160 valence electrons. The summed E-state index contributed by atoms with van der Waals surface area (Å²) in [6.45, 7) is -0.183. The van der Waals surface area contributed by atoms with Crippen molar-refractivity contribution in [2.24, 2.45) is 0 Å². The summed E-state index contributed by atoms with van der Waals surface area (Å²) in [7, 11) is -2.42. The van der Waals surface area contributed by atoms with E-state index >= 15 is 0 Å². The molecule has 1 heterocycles. The lowest BCUT2D eigenvalue weighted by molar-refractivity contribution is -0.122. The molecule has 9 heteroatoms. The molecule has 0 aliphatic carbocycles. The van der Waals surface area contributed by atoms with Crippen LogP contribution < -0.4 is 19.1 Å². The van der Waals surface area contributed by atoms with Crippen molar-refractivity contribution in [1.82, 2.24) is 0 Å². The fourth-order valence-corrected chi connectivity index (χ4v) is 4.83. The second-order valence-electron chi connectivity index (χ2n) is 6.79. The van der Waals surface area contributed by atoms with Crippen molar-refractivity contribution >= 4 is 38.9 Å². The van der Waals surface area contributed by atoms with E-state index in [9.17, 15) is 13.2 Å². The van der Waals surface area contributed by atoms with E-state index in [0.29, 0.717) is 27.9 Å². The molecule has 7 nitrogen and oxygen atoms in total. The predicted molar refractivity (Wildman–Crippen MR) is 118 cm³/mol. The number of halogens is 1. The molecule has 3 aromatic carbocycles. The van der Waals surface area contributed by atoms with Crippen LogP contribution in [0, 0.1) is 0 Å². The summed E-state index contributed by atoms with van der Waals surface area (Å²) in [5.74, 6) is 0.413. The molecule has 0 fully saturated rings. The van der Waals surface area contributed by atoms with Crippen molar-refractivity contribution in [3.63, 3.8) is 0 Å². The van der Waals surface area contributed by atoms with Crippen LogP contribution in [-0.2, 0) is 14.8 Å². The van der Waals surface area contributed by atoms with Gasteiger partial charge < -0.3 is 14.8 Å². The number of para-hydroxylation sites is 2. The number of nitrogens with zero attached hydrogens (tertiary/aromatic N) is 1. The van der Waals surface area contributed by atoms with Crippen LogP contribution in [0.2, 0.25) is 5.02 Å². The average Bonchev–Trinajstić information content (AvgIpc) is 2.78. The second-order valence-corrected chi connectivity index (χ2v) is 9.08. The number of amides is 1. The van der Waals surface area contributed by atoms with Gasteiger partial charge in [0.25, 0.3) is 15.9 Å². The van der Waals surface area contributed by atoms with Crippen LogP contribution in [0.15, 0.2) is 77.7 Å². The molecule has 1 aliphatic rings. The predicted octanol–water partition coefficient (Wildman–Crippen LogP) is 3.94. The van der Waals surface area contributed by atoms with E-state index in [-0.39, 0.29) is 11.4 Å². The van der Waals surface area contributed by atoms with Crippen LogP contribution >= 0.6 is 11.6 Å². The van der Waals surface area contributed by atoms with Crippen LogP contribution in [0.5, 0.6) is 11.5 Å². The van der Waals surface area contributed by atoms with Crippen molar-refractivity contribution in [2.45, 2.75) is 11.0 Å². The van der Waals surface area contributed by atoms with Crippen LogP contribution in [-0.4, -0.2) is 34.1 Å². The Morgan fingerprint density at radius 3 is 2.58 bits per heavy atom. The van der Waals surface area contributed by atoms with Gasteiger partial charge in [0.05, 0.1) is 24.2 Å². The first kappa shape index (κ1) is 21.0. The van der Waals surface area contributed by atoms with Crippen molar-refractivity contribution in [3.05, 3.63) is 77.8 Å². The number of hydrogen-bond donors (Lipinski definition) is 1. The lowest BCUT2D eigenvalue weighted by Gasteiger charge is -2.34. The van der Waals surface area contributed by atoms with Gasteiger partial charge in [-0.05, 0) is 48.5 Å².